The molecular weight excluding hydrogens is 279 g/mol. The van der Waals surface area contributed by atoms with E-state index in [2.05, 4.69) is 15.0 Å². The number of ether oxygens (including phenoxy) is 1. The molecule has 0 aliphatic heterocycles. The molecule has 20 heavy (non-hydrogen) atoms. The second-order valence-corrected chi connectivity index (χ2v) is 4.20. The zero-order valence-electron chi connectivity index (χ0n) is 11.1. The van der Waals surface area contributed by atoms with Gasteiger partial charge in [0.25, 0.3) is 0 Å². The first-order chi connectivity index (χ1) is 9.21. The summed E-state index contributed by atoms with van der Waals surface area (Å²) in [6.45, 7) is 1.34. The maximum atomic E-state index is 12.5. The summed E-state index contributed by atoms with van der Waals surface area (Å²) < 4.78 is 42.6. The summed E-state index contributed by atoms with van der Waals surface area (Å²) in [6.07, 6.45) is -4.73. The highest BCUT2D eigenvalue weighted by molar-refractivity contribution is 5.36. The average molecular weight is 295 g/mol. The van der Waals surface area contributed by atoms with Gasteiger partial charge in [-0.1, -0.05) is 0 Å². The minimum atomic E-state index is -4.46. The summed E-state index contributed by atoms with van der Waals surface area (Å²) in [5.74, 6) is -0.546. The summed E-state index contributed by atoms with van der Waals surface area (Å²) in [6, 6.07) is -0.160. The molecule has 10 heteroatoms. The second kappa shape index (κ2) is 6.55. The van der Waals surface area contributed by atoms with Crippen LogP contribution < -0.4 is 15.4 Å². The molecule has 0 amide bonds. The van der Waals surface area contributed by atoms with Crippen molar-refractivity contribution in [1.82, 2.24) is 15.0 Å². The van der Waals surface area contributed by atoms with Crippen LogP contribution in [0.1, 0.15) is 13.8 Å². The fourth-order valence-electron chi connectivity index (χ4n) is 1.35. The van der Waals surface area contributed by atoms with Gasteiger partial charge in [0.05, 0.1) is 12.7 Å². The van der Waals surface area contributed by atoms with Gasteiger partial charge in [0, 0.05) is 6.54 Å². The molecule has 0 aliphatic carbocycles. The quantitative estimate of drug-likeness (QED) is 0.793. The Labute approximate surface area is 113 Å². The molecular formula is C10H16F3N5O2. The second-order valence-electron chi connectivity index (χ2n) is 4.20. The van der Waals surface area contributed by atoms with E-state index in [9.17, 15) is 13.2 Å². The molecule has 0 radical (unpaired) electrons. The normalized spacial score (nSPS) is 11.8. The van der Waals surface area contributed by atoms with Crippen molar-refractivity contribution in [3.8, 4) is 6.01 Å². The van der Waals surface area contributed by atoms with Gasteiger partial charge in [0.15, 0.2) is 0 Å². The van der Waals surface area contributed by atoms with Crippen LogP contribution in [-0.2, 0) is 0 Å². The molecule has 1 rings (SSSR count). The summed E-state index contributed by atoms with van der Waals surface area (Å²) in [5, 5.41) is 8.84. The summed E-state index contributed by atoms with van der Waals surface area (Å²) >= 11 is 0. The fraction of sp³-hybridized carbons (Fsp3) is 0.700. The largest absolute Gasteiger partial charge is 0.461 e. The van der Waals surface area contributed by atoms with Crippen LogP contribution >= 0.6 is 0 Å². The van der Waals surface area contributed by atoms with Gasteiger partial charge in [-0.3, -0.25) is 0 Å². The van der Waals surface area contributed by atoms with Crippen molar-refractivity contribution in [3.05, 3.63) is 0 Å². The van der Waals surface area contributed by atoms with Crippen molar-refractivity contribution in [2.45, 2.75) is 26.1 Å². The molecule has 0 aliphatic rings. The van der Waals surface area contributed by atoms with Gasteiger partial charge in [-0.15, -0.1) is 0 Å². The van der Waals surface area contributed by atoms with Crippen LogP contribution in [0.5, 0.6) is 6.01 Å². The Kier molecular flexibility index (Phi) is 5.31. The smallest absolute Gasteiger partial charge is 0.406 e. The number of alkyl halides is 3. The maximum absolute atomic E-state index is 12.5. The van der Waals surface area contributed by atoms with E-state index in [1.54, 1.807) is 13.8 Å². The van der Waals surface area contributed by atoms with E-state index in [-0.39, 0.29) is 30.6 Å². The van der Waals surface area contributed by atoms with E-state index in [0.717, 1.165) is 4.90 Å². The minimum Gasteiger partial charge on any atom is -0.461 e. The van der Waals surface area contributed by atoms with Crippen LogP contribution in [0.3, 0.4) is 0 Å². The molecule has 1 heterocycles. The van der Waals surface area contributed by atoms with Crippen LogP contribution in [0.15, 0.2) is 0 Å². The van der Waals surface area contributed by atoms with Gasteiger partial charge in [0.1, 0.15) is 6.54 Å². The van der Waals surface area contributed by atoms with Crippen LogP contribution in [0, 0.1) is 0 Å². The van der Waals surface area contributed by atoms with Gasteiger partial charge in [-0.25, -0.2) is 0 Å². The summed E-state index contributed by atoms with van der Waals surface area (Å²) in [4.78, 5) is 11.8. The molecule has 7 nitrogen and oxygen atoms in total. The fourth-order valence-corrected chi connectivity index (χ4v) is 1.35. The third kappa shape index (κ3) is 5.43. The number of rotatable bonds is 6. The predicted molar refractivity (Wildman–Crippen MR) is 65.4 cm³/mol. The number of anilines is 2. The topological polar surface area (TPSA) is 97.4 Å². The zero-order chi connectivity index (χ0) is 15.3. The van der Waals surface area contributed by atoms with E-state index >= 15 is 0 Å². The van der Waals surface area contributed by atoms with Crippen molar-refractivity contribution in [2.75, 3.05) is 30.3 Å². The summed E-state index contributed by atoms with van der Waals surface area (Å²) in [5.41, 5.74) is 5.42. The Morgan fingerprint density at radius 1 is 1.30 bits per heavy atom. The van der Waals surface area contributed by atoms with Gasteiger partial charge < -0.3 is 20.5 Å². The maximum Gasteiger partial charge on any atom is 0.406 e. The molecule has 0 fully saturated rings. The van der Waals surface area contributed by atoms with Crippen LogP contribution in [0.4, 0.5) is 25.1 Å². The highest BCUT2D eigenvalue weighted by Gasteiger charge is 2.32. The number of hydrogen-bond acceptors (Lipinski definition) is 7. The molecule has 1 aromatic heterocycles. The first-order valence-electron chi connectivity index (χ1n) is 5.82. The lowest BCUT2D eigenvalue weighted by Crippen LogP contribution is -2.37. The number of hydrogen-bond donors (Lipinski definition) is 2. The van der Waals surface area contributed by atoms with Crippen molar-refractivity contribution in [1.29, 1.82) is 0 Å². The number of aliphatic hydroxyl groups excluding tert-OH is 1. The summed E-state index contributed by atoms with van der Waals surface area (Å²) in [7, 11) is 0. The van der Waals surface area contributed by atoms with Crippen LogP contribution in [0.2, 0.25) is 0 Å². The third-order valence-corrected chi connectivity index (χ3v) is 1.98. The van der Waals surface area contributed by atoms with Gasteiger partial charge in [-0.2, -0.15) is 28.1 Å². The zero-order valence-corrected chi connectivity index (χ0v) is 11.1. The molecule has 0 bridgehead atoms. The Hall–Kier alpha value is -1.84. The lowest BCUT2D eigenvalue weighted by molar-refractivity contribution is -0.120. The van der Waals surface area contributed by atoms with Crippen molar-refractivity contribution < 1.29 is 23.0 Å². The first-order valence-corrected chi connectivity index (χ1v) is 5.82. The predicted octanol–water partition coefficient (Wildman–Crippen LogP) is 0.602. The highest BCUT2D eigenvalue weighted by Crippen LogP contribution is 2.21. The molecule has 0 saturated heterocycles. The molecule has 0 unspecified atom stereocenters. The van der Waals surface area contributed by atoms with Crippen LogP contribution in [0.25, 0.3) is 0 Å². The lowest BCUT2D eigenvalue weighted by Gasteiger charge is -2.23. The van der Waals surface area contributed by atoms with Crippen molar-refractivity contribution >= 4 is 11.9 Å². The van der Waals surface area contributed by atoms with E-state index in [4.69, 9.17) is 15.6 Å². The van der Waals surface area contributed by atoms with Crippen LogP contribution in [-0.4, -0.2) is 52.0 Å². The van der Waals surface area contributed by atoms with Crippen molar-refractivity contribution in [2.24, 2.45) is 0 Å². The highest BCUT2D eigenvalue weighted by atomic mass is 19.4. The number of halogens is 3. The Morgan fingerprint density at radius 2 is 1.95 bits per heavy atom. The monoisotopic (exact) mass is 295 g/mol. The molecule has 1 aromatic rings. The third-order valence-electron chi connectivity index (χ3n) is 1.98. The number of nitrogen functional groups attached to an aromatic ring is 1. The standard InChI is InChI=1S/C10H16F3N5O2/c1-6(2)20-9-16-7(14)15-8(17-9)18(3-4-19)5-10(11,12)13/h6,19H,3-5H2,1-2H3,(H2,14,15,16,17). The molecule has 0 saturated carbocycles. The van der Waals surface area contributed by atoms with Gasteiger partial charge >= 0.3 is 12.2 Å². The molecule has 3 N–H and O–H groups in total. The Morgan fingerprint density at radius 3 is 2.45 bits per heavy atom. The van der Waals surface area contributed by atoms with Gasteiger partial charge in [0.2, 0.25) is 11.9 Å². The van der Waals surface area contributed by atoms with E-state index in [1.165, 1.54) is 0 Å². The number of aromatic nitrogens is 3. The van der Waals surface area contributed by atoms with E-state index in [1.807, 2.05) is 0 Å². The molecule has 0 aromatic carbocycles. The van der Waals surface area contributed by atoms with Crippen molar-refractivity contribution in [3.63, 3.8) is 0 Å². The average Bonchev–Trinajstić information content (AvgIpc) is 2.24. The minimum absolute atomic E-state index is 0.160. The Balaban J connectivity index is 3.03. The lowest BCUT2D eigenvalue weighted by atomic mass is 10.5. The Bertz CT molecular complexity index is 441. The van der Waals surface area contributed by atoms with Gasteiger partial charge in [-0.05, 0) is 13.8 Å². The van der Waals surface area contributed by atoms with E-state index < -0.39 is 19.3 Å². The SMILES string of the molecule is CC(C)Oc1nc(N)nc(N(CCO)CC(F)(F)F)n1. The number of nitrogens with two attached hydrogens (primary N) is 1. The van der Waals surface area contributed by atoms with E-state index in [0.29, 0.717) is 0 Å². The first kappa shape index (κ1) is 16.2. The number of aliphatic hydroxyl groups is 1. The molecule has 114 valence electrons. The number of nitrogens with zero attached hydrogens (tertiary/aromatic N) is 4. The molecule has 0 atom stereocenters. The molecule has 0 spiro atoms.